The first-order valence-electron chi connectivity index (χ1n) is 12.2. The second-order valence-electron chi connectivity index (χ2n) is 8.67. The average Bonchev–Trinajstić information content (AvgIpc) is 2.89. The number of likely N-dealkylation sites (N-methyl/N-ethyl adjacent to an activating group) is 1. The molecule has 1 fully saturated rings. The van der Waals surface area contributed by atoms with Crippen molar-refractivity contribution < 1.29 is 23.5 Å². The molecule has 190 valence electrons. The molecule has 2 aromatic carbocycles. The van der Waals surface area contributed by atoms with Crippen molar-refractivity contribution in [2.24, 2.45) is 0 Å². The summed E-state index contributed by atoms with van der Waals surface area (Å²) in [5.41, 5.74) is 1.87. The van der Waals surface area contributed by atoms with Crippen molar-refractivity contribution in [2.75, 3.05) is 45.9 Å². The van der Waals surface area contributed by atoms with E-state index in [1.54, 1.807) is 28.9 Å². The van der Waals surface area contributed by atoms with Crippen molar-refractivity contribution in [3.05, 3.63) is 82.8 Å². The normalized spacial score (nSPS) is 18.8. The van der Waals surface area contributed by atoms with E-state index >= 15 is 0 Å². The van der Waals surface area contributed by atoms with Crippen LogP contribution in [0.1, 0.15) is 35.8 Å². The molecule has 1 atom stereocenters. The number of ether oxygens (including phenoxy) is 1. The monoisotopic (exact) mass is 494 g/mol. The van der Waals surface area contributed by atoms with Gasteiger partial charge >= 0.3 is 12.0 Å². The van der Waals surface area contributed by atoms with Crippen LogP contribution in [0, 0.1) is 5.82 Å². The molecule has 9 heteroatoms. The van der Waals surface area contributed by atoms with Gasteiger partial charge in [0.15, 0.2) is 0 Å². The van der Waals surface area contributed by atoms with E-state index in [-0.39, 0.29) is 24.1 Å². The van der Waals surface area contributed by atoms with Gasteiger partial charge < -0.3 is 15.0 Å². The van der Waals surface area contributed by atoms with Crippen LogP contribution in [-0.4, -0.2) is 78.5 Å². The van der Waals surface area contributed by atoms with E-state index in [9.17, 15) is 18.8 Å². The number of carbonyl (C=O) groups is 3. The smallest absolute Gasteiger partial charge is 0.338 e. The highest BCUT2D eigenvalue weighted by Gasteiger charge is 2.38. The number of nitrogens with zero attached hydrogens (tertiary/aromatic N) is 3. The third kappa shape index (κ3) is 5.26. The summed E-state index contributed by atoms with van der Waals surface area (Å²) in [5.74, 6) is -1.34. The summed E-state index contributed by atoms with van der Waals surface area (Å²) in [6.45, 7) is 6.43. The minimum atomic E-state index is -0.625. The number of halogens is 1. The number of urea groups is 1. The molecule has 2 aromatic rings. The zero-order chi connectivity index (χ0) is 25.7. The number of esters is 1. The van der Waals surface area contributed by atoms with Crippen molar-refractivity contribution in [3.8, 4) is 0 Å². The van der Waals surface area contributed by atoms with Crippen LogP contribution in [0.4, 0.5) is 9.18 Å². The van der Waals surface area contributed by atoms with Gasteiger partial charge in [0, 0.05) is 45.0 Å². The molecule has 0 spiro atoms. The lowest BCUT2D eigenvalue weighted by molar-refractivity contribution is -0.139. The molecule has 0 aromatic heterocycles. The summed E-state index contributed by atoms with van der Waals surface area (Å²) in [7, 11) is 0. The first kappa shape index (κ1) is 25.4. The molecule has 36 heavy (non-hydrogen) atoms. The maximum absolute atomic E-state index is 14.1. The van der Waals surface area contributed by atoms with Gasteiger partial charge in [0.1, 0.15) is 5.82 Å². The van der Waals surface area contributed by atoms with Gasteiger partial charge in [-0.05, 0) is 31.5 Å². The first-order valence-corrected chi connectivity index (χ1v) is 12.2. The van der Waals surface area contributed by atoms with Gasteiger partial charge in [0.05, 0.1) is 23.8 Å². The molecule has 2 heterocycles. The molecule has 3 amide bonds. The van der Waals surface area contributed by atoms with E-state index in [0.29, 0.717) is 50.5 Å². The molecule has 0 bridgehead atoms. The summed E-state index contributed by atoms with van der Waals surface area (Å²) in [6.07, 6.45) is 0. The lowest BCUT2D eigenvalue weighted by Gasteiger charge is -2.40. The number of piperazine rings is 1. The Morgan fingerprint density at radius 1 is 1.00 bits per heavy atom. The number of carbonyl (C=O) groups excluding carboxylic acids is 3. The molecule has 0 radical (unpaired) electrons. The molecule has 0 aliphatic carbocycles. The minimum Gasteiger partial charge on any atom is -0.463 e. The van der Waals surface area contributed by atoms with Crippen LogP contribution in [0.15, 0.2) is 65.9 Å². The van der Waals surface area contributed by atoms with Crippen LogP contribution >= 0.6 is 0 Å². The predicted octanol–water partition coefficient (Wildman–Crippen LogP) is 3.19. The Kier molecular flexibility index (Phi) is 8.00. The molecule has 2 aliphatic heterocycles. The van der Waals surface area contributed by atoms with Crippen LogP contribution < -0.4 is 5.32 Å². The third-order valence-electron chi connectivity index (χ3n) is 6.52. The van der Waals surface area contributed by atoms with Crippen molar-refractivity contribution in [2.45, 2.75) is 19.9 Å². The molecule has 2 aliphatic rings. The molecule has 0 saturated carbocycles. The van der Waals surface area contributed by atoms with Crippen molar-refractivity contribution in [1.29, 1.82) is 0 Å². The highest BCUT2D eigenvalue weighted by Crippen LogP contribution is 2.32. The van der Waals surface area contributed by atoms with Crippen molar-refractivity contribution in [3.63, 3.8) is 0 Å². The van der Waals surface area contributed by atoms with E-state index in [1.807, 2.05) is 37.3 Å². The van der Waals surface area contributed by atoms with Crippen molar-refractivity contribution in [1.82, 2.24) is 20.0 Å². The second-order valence-corrected chi connectivity index (χ2v) is 8.67. The minimum absolute atomic E-state index is 0.0602. The third-order valence-corrected chi connectivity index (χ3v) is 6.52. The van der Waals surface area contributed by atoms with E-state index in [0.717, 1.165) is 5.56 Å². The van der Waals surface area contributed by atoms with Crippen LogP contribution in [0.5, 0.6) is 0 Å². The van der Waals surface area contributed by atoms with E-state index in [1.165, 1.54) is 12.1 Å². The number of hydrogen-bond donors (Lipinski definition) is 1. The highest BCUT2D eigenvalue weighted by molar-refractivity contribution is 5.95. The van der Waals surface area contributed by atoms with Gasteiger partial charge in [-0.3, -0.25) is 14.6 Å². The summed E-state index contributed by atoms with van der Waals surface area (Å²) in [4.78, 5) is 44.3. The average molecular weight is 495 g/mol. The number of hydrogen-bond acceptors (Lipinski definition) is 5. The molecule has 8 nitrogen and oxygen atoms in total. The Morgan fingerprint density at radius 3 is 2.31 bits per heavy atom. The van der Waals surface area contributed by atoms with Gasteiger partial charge in [0.2, 0.25) is 0 Å². The summed E-state index contributed by atoms with van der Waals surface area (Å²) in [6, 6.07) is 14.4. The Morgan fingerprint density at radius 2 is 1.67 bits per heavy atom. The Balaban J connectivity index is 1.58. The fraction of sp³-hybridized carbons (Fsp3) is 0.370. The number of rotatable bonds is 7. The number of amides is 3. The maximum atomic E-state index is 14.1. The van der Waals surface area contributed by atoms with Gasteiger partial charge in [-0.15, -0.1) is 0 Å². The summed E-state index contributed by atoms with van der Waals surface area (Å²) >= 11 is 0. The fourth-order valence-electron chi connectivity index (χ4n) is 4.68. The molecule has 4 rings (SSSR count). The fourth-order valence-corrected chi connectivity index (χ4v) is 4.68. The van der Waals surface area contributed by atoms with Crippen LogP contribution in [-0.2, 0) is 9.53 Å². The van der Waals surface area contributed by atoms with E-state index < -0.39 is 17.8 Å². The largest absolute Gasteiger partial charge is 0.463 e. The quantitative estimate of drug-likeness (QED) is 0.598. The van der Waals surface area contributed by atoms with E-state index in [2.05, 4.69) is 10.2 Å². The van der Waals surface area contributed by atoms with Crippen molar-refractivity contribution >= 4 is 17.9 Å². The highest BCUT2D eigenvalue weighted by atomic mass is 19.1. The summed E-state index contributed by atoms with van der Waals surface area (Å²) < 4.78 is 19.5. The molecular weight excluding hydrogens is 463 g/mol. The predicted molar refractivity (Wildman–Crippen MR) is 132 cm³/mol. The standard InChI is InChI=1S/C27H31FN4O4/c1-3-32-22(18-30-14-16-31(17-15-30)25(33)20-12-8-9-13-21(20)28)23(26(34)36-4-2)24(29-27(32)35)19-10-6-5-7-11-19/h5-13,24H,3-4,14-18H2,1-2H3,(H,29,35)/t24-/m0/s1. The molecule has 1 saturated heterocycles. The van der Waals surface area contributed by atoms with Gasteiger partial charge in [-0.2, -0.15) is 0 Å². The topological polar surface area (TPSA) is 82.2 Å². The molecular formula is C27H31FN4O4. The Hall–Kier alpha value is -3.72. The lowest BCUT2D eigenvalue weighted by atomic mass is 9.94. The zero-order valence-electron chi connectivity index (χ0n) is 20.6. The van der Waals surface area contributed by atoms with Crippen LogP contribution in [0.3, 0.4) is 0 Å². The van der Waals surface area contributed by atoms with Crippen LogP contribution in [0.25, 0.3) is 0 Å². The first-order chi connectivity index (χ1) is 17.4. The van der Waals surface area contributed by atoms with Gasteiger partial charge in [-0.25, -0.2) is 14.0 Å². The molecule has 1 N–H and O–H groups in total. The van der Waals surface area contributed by atoms with Crippen LogP contribution in [0.2, 0.25) is 0 Å². The Labute approximate surface area is 210 Å². The maximum Gasteiger partial charge on any atom is 0.338 e. The number of benzene rings is 2. The zero-order valence-corrected chi connectivity index (χ0v) is 20.6. The Bertz CT molecular complexity index is 1150. The SMILES string of the molecule is CCOC(=O)C1=C(CN2CCN(C(=O)c3ccccc3F)CC2)N(CC)C(=O)N[C@H]1c1ccccc1. The van der Waals surface area contributed by atoms with Gasteiger partial charge in [-0.1, -0.05) is 42.5 Å². The summed E-state index contributed by atoms with van der Waals surface area (Å²) in [5, 5.41) is 2.96. The van der Waals surface area contributed by atoms with Gasteiger partial charge in [0.25, 0.3) is 5.91 Å². The second kappa shape index (κ2) is 11.3. The number of nitrogens with one attached hydrogen (secondary N) is 1. The lowest BCUT2D eigenvalue weighted by Crippen LogP contribution is -2.53. The molecule has 0 unspecified atom stereocenters. The van der Waals surface area contributed by atoms with E-state index in [4.69, 9.17) is 4.74 Å².